The molecule has 1 unspecified atom stereocenters. The molecule has 1 aromatic carbocycles. The zero-order valence-electron chi connectivity index (χ0n) is 17.1. The Morgan fingerprint density at radius 1 is 1.25 bits per heavy atom. The summed E-state index contributed by atoms with van der Waals surface area (Å²) in [5.74, 6) is 0.114. The highest BCUT2D eigenvalue weighted by Gasteiger charge is 2.35. The Hall–Kier alpha value is -2.14. The van der Waals surface area contributed by atoms with E-state index >= 15 is 0 Å². The standard InChI is InChI=1S/C23H29NO3S/c1-5-23(2,3)16-11-12-17-18(14-16)28-21(20(17)22(26)27-4)24-19(25)13-15-9-7-6-8-10-15/h6-10,16H,5,11-14H2,1-4H3,(H,24,25). The number of benzene rings is 1. The summed E-state index contributed by atoms with van der Waals surface area (Å²) in [4.78, 5) is 26.3. The zero-order valence-corrected chi connectivity index (χ0v) is 17.9. The number of hydrogen-bond donors (Lipinski definition) is 1. The van der Waals surface area contributed by atoms with E-state index in [4.69, 9.17) is 4.74 Å². The summed E-state index contributed by atoms with van der Waals surface area (Å²) in [5, 5.41) is 3.61. The predicted octanol–water partition coefficient (Wildman–Crippen LogP) is 5.26. The number of amides is 1. The largest absolute Gasteiger partial charge is 0.465 e. The number of carbonyl (C=O) groups is 2. The summed E-state index contributed by atoms with van der Waals surface area (Å²) in [7, 11) is 1.40. The lowest BCUT2D eigenvalue weighted by Gasteiger charge is -2.36. The van der Waals surface area contributed by atoms with Gasteiger partial charge < -0.3 is 10.1 Å². The van der Waals surface area contributed by atoms with E-state index in [2.05, 4.69) is 26.1 Å². The van der Waals surface area contributed by atoms with Crippen LogP contribution < -0.4 is 5.32 Å². The van der Waals surface area contributed by atoms with E-state index in [0.717, 1.165) is 36.8 Å². The van der Waals surface area contributed by atoms with Crippen molar-refractivity contribution in [3.63, 3.8) is 0 Å². The zero-order chi connectivity index (χ0) is 20.3. The molecule has 0 radical (unpaired) electrons. The van der Waals surface area contributed by atoms with E-state index in [1.54, 1.807) is 11.3 Å². The fraction of sp³-hybridized carbons (Fsp3) is 0.478. The second-order valence-corrected chi connectivity index (χ2v) is 9.30. The van der Waals surface area contributed by atoms with Crippen LogP contribution in [0.1, 0.15) is 60.0 Å². The summed E-state index contributed by atoms with van der Waals surface area (Å²) in [6.45, 7) is 6.87. The van der Waals surface area contributed by atoms with E-state index in [9.17, 15) is 9.59 Å². The van der Waals surface area contributed by atoms with E-state index in [1.807, 2.05) is 30.3 Å². The molecule has 0 bridgehead atoms. The summed E-state index contributed by atoms with van der Waals surface area (Å²) in [5.41, 5.74) is 2.83. The summed E-state index contributed by atoms with van der Waals surface area (Å²) in [6, 6.07) is 9.62. The van der Waals surface area contributed by atoms with Crippen molar-refractivity contribution in [1.29, 1.82) is 0 Å². The number of rotatable bonds is 6. The molecule has 1 heterocycles. The van der Waals surface area contributed by atoms with Gasteiger partial charge in [-0.2, -0.15) is 0 Å². The monoisotopic (exact) mass is 399 g/mol. The van der Waals surface area contributed by atoms with Gasteiger partial charge in [-0.15, -0.1) is 11.3 Å². The molecule has 0 aliphatic heterocycles. The Balaban J connectivity index is 1.85. The Bertz CT molecular complexity index is 854. The fourth-order valence-corrected chi connectivity index (χ4v) is 5.23. The third-order valence-corrected chi connectivity index (χ3v) is 7.30. The van der Waals surface area contributed by atoms with Gasteiger partial charge in [0.2, 0.25) is 5.91 Å². The van der Waals surface area contributed by atoms with Crippen LogP contribution in [-0.4, -0.2) is 19.0 Å². The summed E-state index contributed by atoms with van der Waals surface area (Å²) < 4.78 is 5.03. The van der Waals surface area contributed by atoms with Gasteiger partial charge in [0.05, 0.1) is 19.1 Å². The highest BCUT2D eigenvalue weighted by molar-refractivity contribution is 7.17. The molecule has 150 valence electrons. The number of fused-ring (bicyclic) bond motifs is 1. The number of thiophene rings is 1. The van der Waals surface area contributed by atoms with Crippen molar-refractivity contribution in [2.75, 3.05) is 12.4 Å². The molecule has 3 rings (SSSR count). The van der Waals surface area contributed by atoms with Crippen LogP contribution in [0, 0.1) is 11.3 Å². The Kier molecular flexibility index (Phi) is 6.23. The van der Waals surface area contributed by atoms with Gasteiger partial charge in [0.1, 0.15) is 5.00 Å². The molecule has 1 aromatic heterocycles. The molecule has 0 fully saturated rings. The molecule has 1 atom stereocenters. The second kappa shape index (κ2) is 8.48. The van der Waals surface area contributed by atoms with Crippen molar-refractivity contribution < 1.29 is 14.3 Å². The molecule has 4 nitrogen and oxygen atoms in total. The molecular weight excluding hydrogens is 370 g/mol. The van der Waals surface area contributed by atoms with E-state index in [1.165, 1.54) is 12.0 Å². The Morgan fingerprint density at radius 2 is 1.96 bits per heavy atom. The number of esters is 1. The first-order chi connectivity index (χ1) is 13.4. The lowest BCUT2D eigenvalue weighted by Crippen LogP contribution is -2.28. The molecule has 0 spiro atoms. The molecule has 2 aromatic rings. The van der Waals surface area contributed by atoms with Crippen LogP contribution in [0.3, 0.4) is 0 Å². The highest BCUT2D eigenvalue weighted by atomic mass is 32.1. The van der Waals surface area contributed by atoms with Crippen LogP contribution in [-0.2, 0) is 28.8 Å². The molecule has 28 heavy (non-hydrogen) atoms. The van der Waals surface area contributed by atoms with Gasteiger partial charge in [0, 0.05) is 4.88 Å². The minimum absolute atomic E-state index is 0.111. The number of carbonyl (C=O) groups excluding carboxylic acids is 2. The third-order valence-electron chi connectivity index (χ3n) is 6.13. The first-order valence-corrected chi connectivity index (χ1v) is 10.7. The topological polar surface area (TPSA) is 55.4 Å². The van der Waals surface area contributed by atoms with E-state index in [-0.39, 0.29) is 23.7 Å². The predicted molar refractivity (Wildman–Crippen MR) is 114 cm³/mol. The maximum atomic E-state index is 12.6. The van der Waals surface area contributed by atoms with Crippen LogP contribution in [0.2, 0.25) is 0 Å². The van der Waals surface area contributed by atoms with Crippen molar-refractivity contribution in [1.82, 2.24) is 0 Å². The van der Waals surface area contributed by atoms with E-state index in [0.29, 0.717) is 16.5 Å². The molecule has 1 aliphatic carbocycles. The lowest BCUT2D eigenvalue weighted by molar-refractivity contribution is -0.115. The third kappa shape index (κ3) is 4.30. The smallest absolute Gasteiger partial charge is 0.341 e. The van der Waals surface area contributed by atoms with Crippen molar-refractivity contribution >= 4 is 28.2 Å². The lowest BCUT2D eigenvalue weighted by atomic mass is 9.69. The number of methoxy groups -OCH3 is 1. The minimum Gasteiger partial charge on any atom is -0.465 e. The quantitative estimate of drug-likeness (QED) is 0.674. The number of anilines is 1. The van der Waals surface area contributed by atoms with Crippen LogP contribution in [0.15, 0.2) is 30.3 Å². The maximum absolute atomic E-state index is 12.6. The molecule has 1 N–H and O–H groups in total. The van der Waals surface area contributed by atoms with Crippen LogP contribution in [0.4, 0.5) is 5.00 Å². The molecule has 5 heteroatoms. The van der Waals surface area contributed by atoms with Gasteiger partial charge in [-0.05, 0) is 41.7 Å². The average molecular weight is 400 g/mol. The van der Waals surface area contributed by atoms with Gasteiger partial charge in [-0.25, -0.2) is 4.79 Å². The normalized spacial score (nSPS) is 16.4. The molecule has 0 saturated heterocycles. The highest BCUT2D eigenvalue weighted by Crippen LogP contribution is 2.45. The van der Waals surface area contributed by atoms with Crippen molar-refractivity contribution in [2.24, 2.45) is 11.3 Å². The average Bonchev–Trinajstić information content (AvgIpc) is 3.04. The van der Waals surface area contributed by atoms with Crippen LogP contribution in [0.5, 0.6) is 0 Å². The van der Waals surface area contributed by atoms with Gasteiger partial charge >= 0.3 is 5.97 Å². The van der Waals surface area contributed by atoms with Crippen LogP contribution >= 0.6 is 11.3 Å². The van der Waals surface area contributed by atoms with Crippen LogP contribution in [0.25, 0.3) is 0 Å². The van der Waals surface area contributed by atoms with Crippen molar-refractivity contribution in [3.05, 3.63) is 51.9 Å². The van der Waals surface area contributed by atoms with Gasteiger partial charge in [0.25, 0.3) is 0 Å². The van der Waals surface area contributed by atoms with Gasteiger partial charge in [0.15, 0.2) is 0 Å². The molecular formula is C23H29NO3S. The summed E-state index contributed by atoms with van der Waals surface area (Å²) in [6.07, 6.45) is 4.29. The molecule has 1 amide bonds. The first kappa shape index (κ1) is 20.6. The minimum atomic E-state index is -0.360. The first-order valence-electron chi connectivity index (χ1n) is 9.92. The second-order valence-electron chi connectivity index (χ2n) is 8.19. The van der Waals surface area contributed by atoms with Gasteiger partial charge in [-0.3, -0.25) is 4.79 Å². The van der Waals surface area contributed by atoms with E-state index < -0.39 is 0 Å². The summed E-state index contributed by atoms with van der Waals surface area (Å²) >= 11 is 1.54. The number of hydrogen-bond acceptors (Lipinski definition) is 4. The SMILES string of the molecule is CCC(C)(C)C1CCc2c(sc(NC(=O)Cc3ccccc3)c2C(=O)OC)C1. The molecule has 0 saturated carbocycles. The maximum Gasteiger partial charge on any atom is 0.341 e. The number of nitrogens with one attached hydrogen (secondary N) is 1. The molecule has 1 aliphatic rings. The van der Waals surface area contributed by atoms with Gasteiger partial charge in [-0.1, -0.05) is 57.5 Å². The van der Waals surface area contributed by atoms with Crippen molar-refractivity contribution in [2.45, 2.75) is 52.9 Å². The Labute approximate surface area is 171 Å². The number of ether oxygens (including phenoxy) is 1. The Morgan fingerprint density at radius 3 is 2.61 bits per heavy atom. The fourth-order valence-electron chi connectivity index (χ4n) is 3.90. The van der Waals surface area contributed by atoms with Crippen molar-refractivity contribution in [3.8, 4) is 0 Å².